The van der Waals surface area contributed by atoms with E-state index in [2.05, 4.69) is 4.98 Å². The Bertz CT molecular complexity index is 1480. The van der Waals surface area contributed by atoms with Gasteiger partial charge in [-0.15, -0.1) is 0 Å². The highest BCUT2D eigenvalue weighted by Gasteiger charge is 2.37. The van der Waals surface area contributed by atoms with Crippen LogP contribution in [0.15, 0.2) is 53.6 Å². The number of anilines is 1. The lowest BCUT2D eigenvalue weighted by atomic mass is 10.1. The van der Waals surface area contributed by atoms with Gasteiger partial charge in [0.15, 0.2) is 4.90 Å². The van der Waals surface area contributed by atoms with Crippen LogP contribution in [0, 0.1) is 5.82 Å². The number of aliphatic carboxylic acids is 1. The molecule has 0 fully saturated rings. The van der Waals surface area contributed by atoms with Gasteiger partial charge in [0, 0.05) is 18.2 Å². The number of rotatable bonds is 9. The highest BCUT2D eigenvalue weighted by molar-refractivity contribution is 7.93. The van der Waals surface area contributed by atoms with Crippen LogP contribution in [0.2, 0.25) is 10.0 Å². The van der Waals surface area contributed by atoms with Crippen molar-refractivity contribution in [3.63, 3.8) is 0 Å². The van der Waals surface area contributed by atoms with Crippen LogP contribution in [0.5, 0.6) is 11.6 Å². The van der Waals surface area contributed by atoms with Crippen LogP contribution in [0.1, 0.15) is 30.9 Å². The number of aromatic nitrogens is 1. The number of pyridine rings is 1. The summed E-state index contributed by atoms with van der Waals surface area (Å²) in [5.74, 6) is -1.40. The summed E-state index contributed by atoms with van der Waals surface area (Å²) in [6.45, 7) is 1.71. The van der Waals surface area contributed by atoms with E-state index in [-0.39, 0.29) is 63.8 Å². The minimum absolute atomic E-state index is 0.0837. The average Bonchev–Trinajstić information content (AvgIpc) is 2.87. The Morgan fingerprint density at radius 2 is 2.05 bits per heavy atom. The maximum absolute atomic E-state index is 14.2. The number of carboxylic acid groups (broad SMARTS) is 1. The highest BCUT2D eigenvalue weighted by atomic mass is 35.5. The van der Waals surface area contributed by atoms with Crippen molar-refractivity contribution in [3.8, 4) is 11.6 Å². The molecule has 1 aliphatic heterocycles. The molecule has 1 unspecified atom stereocenters. The normalized spacial score (nSPS) is 15.3. The van der Waals surface area contributed by atoms with Gasteiger partial charge in [0.1, 0.15) is 17.7 Å². The van der Waals surface area contributed by atoms with Crippen LogP contribution < -0.4 is 13.8 Å². The summed E-state index contributed by atoms with van der Waals surface area (Å²) >= 11 is 12.2. The number of carboxylic acids is 1. The van der Waals surface area contributed by atoms with Gasteiger partial charge in [-0.05, 0) is 55.3 Å². The lowest BCUT2D eigenvalue weighted by molar-refractivity contribution is -0.137. The highest BCUT2D eigenvalue weighted by Crippen LogP contribution is 2.40. The maximum Gasteiger partial charge on any atom is 0.303 e. The first-order valence-electron chi connectivity index (χ1n) is 11.6. The van der Waals surface area contributed by atoms with Crippen molar-refractivity contribution in [3.05, 3.63) is 75.7 Å². The van der Waals surface area contributed by atoms with Crippen molar-refractivity contribution >= 4 is 57.0 Å². The third kappa shape index (κ3) is 6.03. The fourth-order valence-corrected chi connectivity index (χ4v) is 5.96. The van der Waals surface area contributed by atoms with E-state index in [0.29, 0.717) is 5.56 Å². The molecule has 4 rings (SSSR count). The SMILES string of the molecule is CCOc1ncc(Cl)cc1S(=O)(=O)N1CC(CCC(=O)O)Oc2ccc(C=Cc3c(F)cccc3Cl)cc21. The van der Waals surface area contributed by atoms with Crippen molar-refractivity contribution in [2.45, 2.75) is 30.8 Å². The molecule has 8 nitrogen and oxygen atoms in total. The number of carbonyl (C=O) groups is 1. The summed E-state index contributed by atoms with van der Waals surface area (Å²) in [6.07, 6.45) is 3.52. The van der Waals surface area contributed by atoms with E-state index < -0.39 is 27.9 Å². The molecule has 0 saturated heterocycles. The Kier molecular flexibility index (Phi) is 8.44. The van der Waals surface area contributed by atoms with Crippen molar-refractivity contribution in [2.75, 3.05) is 17.5 Å². The van der Waals surface area contributed by atoms with Crippen molar-refractivity contribution in [1.29, 1.82) is 0 Å². The van der Waals surface area contributed by atoms with Crippen molar-refractivity contribution in [2.24, 2.45) is 0 Å². The Labute approximate surface area is 229 Å². The molecule has 0 aliphatic carbocycles. The standard InChI is InChI=1S/C26H23Cl2FN2O6S/c1-2-36-26-24(13-17(27)14-30-26)38(34,35)31-15-18(8-11-25(32)33)37-23-10-7-16(12-22(23)31)6-9-19-20(28)4-3-5-21(19)29/h3-7,9-10,12-14,18H,2,8,11,15H2,1H3,(H,32,33). The second-order valence-electron chi connectivity index (χ2n) is 8.29. The van der Waals surface area contributed by atoms with E-state index >= 15 is 0 Å². The lowest BCUT2D eigenvalue weighted by Gasteiger charge is -2.35. The van der Waals surface area contributed by atoms with Crippen LogP contribution in [-0.2, 0) is 14.8 Å². The number of nitrogens with zero attached hydrogens (tertiary/aromatic N) is 2. The fourth-order valence-electron chi connectivity index (χ4n) is 3.90. The largest absolute Gasteiger partial charge is 0.486 e. The molecule has 12 heteroatoms. The van der Waals surface area contributed by atoms with Gasteiger partial charge in [-0.3, -0.25) is 9.10 Å². The molecule has 1 atom stereocenters. The topological polar surface area (TPSA) is 106 Å². The molecule has 0 amide bonds. The van der Waals surface area contributed by atoms with Gasteiger partial charge >= 0.3 is 5.97 Å². The Morgan fingerprint density at radius 1 is 1.26 bits per heavy atom. The molecule has 0 radical (unpaired) electrons. The Hall–Kier alpha value is -3.34. The van der Waals surface area contributed by atoms with E-state index in [9.17, 15) is 17.6 Å². The molecule has 0 spiro atoms. The van der Waals surface area contributed by atoms with Crippen LogP contribution in [0.25, 0.3) is 12.2 Å². The van der Waals surface area contributed by atoms with Gasteiger partial charge in [-0.25, -0.2) is 17.8 Å². The van der Waals surface area contributed by atoms with Crippen LogP contribution >= 0.6 is 23.2 Å². The summed E-state index contributed by atoms with van der Waals surface area (Å²) in [7, 11) is -4.29. The first-order valence-corrected chi connectivity index (χ1v) is 13.8. The first-order chi connectivity index (χ1) is 18.1. The summed E-state index contributed by atoms with van der Waals surface area (Å²) in [6, 6.07) is 10.4. The van der Waals surface area contributed by atoms with Crippen LogP contribution in [-0.4, -0.2) is 43.7 Å². The number of benzene rings is 2. The average molecular weight is 581 g/mol. The number of fused-ring (bicyclic) bond motifs is 1. The quantitative estimate of drug-likeness (QED) is 0.313. The van der Waals surface area contributed by atoms with Gasteiger partial charge in [-0.2, -0.15) is 0 Å². The van der Waals surface area contributed by atoms with E-state index in [1.54, 1.807) is 37.3 Å². The van der Waals surface area contributed by atoms with E-state index in [1.165, 1.54) is 30.5 Å². The molecule has 3 aromatic rings. The third-order valence-corrected chi connectivity index (χ3v) is 7.98. The lowest BCUT2D eigenvalue weighted by Crippen LogP contribution is -2.44. The molecular formula is C26H23Cl2FN2O6S. The number of hydrogen-bond acceptors (Lipinski definition) is 6. The summed E-state index contributed by atoms with van der Waals surface area (Å²) in [5, 5.41) is 9.45. The van der Waals surface area contributed by atoms with Crippen LogP contribution in [0.3, 0.4) is 0 Å². The second-order valence-corrected chi connectivity index (χ2v) is 11.0. The molecule has 1 aromatic heterocycles. The smallest absolute Gasteiger partial charge is 0.303 e. The van der Waals surface area contributed by atoms with Crippen LogP contribution in [0.4, 0.5) is 10.1 Å². The second kappa shape index (κ2) is 11.6. The molecule has 2 aromatic carbocycles. The zero-order valence-electron chi connectivity index (χ0n) is 20.1. The predicted molar refractivity (Wildman–Crippen MR) is 143 cm³/mol. The molecular weight excluding hydrogens is 558 g/mol. The van der Waals surface area contributed by atoms with Gasteiger partial charge < -0.3 is 14.6 Å². The molecule has 1 aliphatic rings. The monoisotopic (exact) mass is 580 g/mol. The number of halogens is 3. The minimum Gasteiger partial charge on any atom is -0.486 e. The van der Waals surface area contributed by atoms with Crippen molar-refractivity contribution in [1.82, 2.24) is 4.98 Å². The predicted octanol–water partition coefficient (Wildman–Crippen LogP) is 5.92. The van der Waals surface area contributed by atoms with Gasteiger partial charge in [0.25, 0.3) is 10.0 Å². The maximum atomic E-state index is 14.2. The molecule has 2 heterocycles. The van der Waals surface area contributed by atoms with E-state index in [0.717, 1.165) is 4.31 Å². The molecule has 1 N–H and O–H groups in total. The molecule has 0 saturated carbocycles. The number of hydrogen-bond donors (Lipinski definition) is 1. The minimum atomic E-state index is -4.29. The van der Waals surface area contributed by atoms with Crippen molar-refractivity contribution < 1.29 is 32.2 Å². The van der Waals surface area contributed by atoms with Gasteiger partial charge in [0.2, 0.25) is 5.88 Å². The molecule has 200 valence electrons. The van der Waals surface area contributed by atoms with E-state index in [4.69, 9.17) is 37.8 Å². The Morgan fingerprint density at radius 3 is 2.76 bits per heavy atom. The summed E-state index contributed by atoms with van der Waals surface area (Å²) < 4.78 is 54.7. The van der Waals surface area contributed by atoms with Gasteiger partial charge in [0.05, 0.1) is 28.9 Å². The number of sulfonamides is 1. The zero-order valence-corrected chi connectivity index (χ0v) is 22.4. The molecule has 0 bridgehead atoms. The zero-order chi connectivity index (χ0) is 27.4. The summed E-state index contributed by atoms with van der Waals surface area (Å²) in [5.41, 5.74) is 0.943. The Balaban J connectivity index is 1.79. The van der Waals surface area contributed by atoms with E-state index in [1.807, 2.05) is 0 Å². The summed E-state index contributed by atoms with van der Waals surface area (Å²) in [4.78, 5) is 14.9. The third-order valence-electron chi connectivity index (χ3n) is 5.67. The fraction of sp³-hybridized carbons (Fsp3) is 0.231. The number of ether oxygens (including phenoxy) is 2. The first kappa shape index (κ1) is 27.7. The van der Waals surface area contributed by atoms with Gasteiger partial charge in [-0.1, -0.05) is 41.4 Å². The molecule has 38 heavy (non-hydrogen) atoms.